The molecule has 124 valence electrons. The third-order valence-corrected chi connectivity index (χ3v) is 4.10. The van der Waals surface area contributed by atoms with Crippen molar-refractivity contribution in [2.75, 3.05) is 5.32 Å². The summed E-state index contributed by atoms with van der Waals surface area (Å²) < 4.78 is 6.81. The number of carbonyl (C=O) groups excluding carboxylic acids is 1. The van der Waals surface area contributed by atoms with Gasteiger partial charge in [0.2, 0.25) is 0 Å². The Morgan fingerprint density at radius 3 is 2.88 bits per heavy atom. The zero-order valence-corrected chi connectivity index (χ0v) is 14.2. The minimum atomic E-state index is -0.258. The van der Waals surface area contributed by atoms with Crippen molar-refractivity contribution in [1.29, 1.82) is 0 Å². The number of carbonyl (C=O) groups is 1. The summed E-state index contributed by atoms with van der Waals surface area (Å²) in [6.07, 6.45) is 2.26. The van der Waals surface area contributed by atoms with Gasteiger partial charge in [-0.15, -0.1) is 0 Å². The molecule has 0 saturated carbocycles. The first-order valence-corrected chi connectivity index (χ1v) is 7.99. The third-order valence-electron chi connectivity index (χ3n) is 3.73. The fraction of sp³-hybridized carbons (Fsp3) is 0.235. The summed E-state index contributed by atoms with van der Waals surface area (Å²) in [6, 6.07) is 9.28. The Morgan fingerprint density at radius 2 is 2.12 bits per heavy atom. The Bertz CT molecular complexity index is 869. The molecule has 0 fully saturated rings. The Hall–Kier alpha value is -2.60. The van der Waals surface area contributed by atoms with Crippen LogP contribution in [0.25, 0.3) is 0 Å². The van der Waals surface area contributed by atoms with E-state index in [2.05, 4.69) is 15.6 Å². The van der Waals surface area contributed by atoms with Crippen molar-refractivity contribution in [3.8, 4) is 0 Å². The molecular formula is C17H17ClN4O2. The molecule has 0 bridgehead atoms. The van der Waals surface area contributed by atoms with Crippen LogP contribution in [0.15, 0.2) is 41.1 Å². The summed E-state index contributed by atoms with van der Waals surface area (Å²) in [4.78, 5) is 12.6. The highest BCUT2D eigenvalue weighted by Crippen LogP contribution is 2.20. The second-order valence-electron chi connectivity index (χ2n) is 5.33. The molecule has 2 heterocycles. The van der Waals surface area contributed by atoms with Gasteiger partial charge >= 0.3 is 0 Å². The second-order valence-corrected chi connectivity index (χ2v) is 5.74. The molecule has 2 aromatic heterocycles. The fourth-order valence-corrected chi connectivity index (χ4v) is 2.68. The number of aromatic nitrogens is 3. The normalized spacial score (nSPS) is 10.8. The Balaban J connectivity index is 1.82. The average Bonchev–Trinajstić information content (AvgIpc) is 3.16. The molecule has 0 unspecified atom stereocenters. The van der Waals surface area contributed by atoms with Crippen molar-refractivity contribution in [1.82, 2.24) is 14.9 Å². The van der Waals surface area contributed by atoms with Crippen molar-refractivity contribution >= 4 is 23.3 Å². The molecule has 7 heteroatoms. The van der Waals surface area contributed by atoms with Crippen molar-refractivity contribution < 1.29 is 9.32 Å². The molecule has 1 aromatic carbocycles. The fourth-order valence-electron chi connectivity index (χ4n) is 2.48. The number of hydrogen-bond acceptors (Lipinski definition) is 4. The number of aryl methyl sites for hydroxylation is 2. The summed E-state index contributed by atoms with van der Waals surface area (Å²) >= 11 is 6.19. The SMILES string of the molecule is CCc1noc(C)c1C(=O)Nc1ccnn1Cc1ccccc1Cl. The molecule has 0 saturated heterocycles. The van der Waals surface area contributed by atoms with E-state index in [1.54, 1.807) is 23.9 Å². The maximum Gasteiger partial charge on any atom is 0.262 e. The van der Waals surface area contributed by atoms with E-state index >= 15 is 0 Å². The maximum atomic E-state index is 12.6. The minimum absolute atomic E-state index is 0.258. The summed E-state index contributed by atoms with van der Waals surface area (Å²) in [5.41, 5.74) is 2.04. The summed E-state index contributed by atoms with van der Waals surface area (Å²) in [5, 5.41) is 11.7. The van der Waals surface area contributed by atoms with Crippen molar-refractivity contribution in [2.24, 2.45) is 0 Å². The van der Waals surface area contributed by atoms with Gasteiger partial charge in [0.05, 0.1) is 18.4 Å². The van der Waals surface area contributed by atoms with E-state index in [9.17, 15) is 4.79 Å². The van der Waals surface area contributed by atoms with Crippen LogP contribution in [0.3, 0.4) is 0 Å². The number of benzene rings is 1. The van der Waals surface area contributed by atoms with Crippen LogP contribution in [0.5, 0.6) is 0 Å². The number of halogens is 1. The standard InChI is InChI=1S/C17H17ClN4O2/c1-3-14-16(11(2)24-21-14)17(23)20-15-8-9-19-22(15)10-12-6-4-5-7-13(12)18/h4-9H,3,10H2,1-2H3,(H,20,23). The van der Waals surface area contributed by atoms with E-state index in [0.717, 1.165) is 5.56 Å². The van der Waals surface area contributed by atoms with Gasteiger partial charge in [0.25, 0.3) is 5.91 Å². The number of rotatable bonds is 5. The van der Waals surface area contributed by atoms with Gasteiger partial charge in [-0.3, -0.25) is 4.79 Å². The Morgan fingerprint density at radius 1 is 1.33 bits per heavy atom. The van der Waals surface area contributed by atoms with Gasteiger partial charge in [0.15, 0.2) is 0 Å². The van der Waals surface area contributed by atoms with Crippen LogP contribution in [-0.4, -0.2) is 20.8 Å². The maximum absolute atomic E-state index is 12.6. The van der Waals surface area contributed by atoms with Crippen LogP contribution >= 0.6 is 11.6 Å². The predicted molar refractivity (Wildman–Crippen MR) is 91.4 cm³/mol. The molecule has 0 spiro atoms. The van der Waals surface area contributed by atoms with Crippen molar-refractivity contribution in [3.05, 3.63) is 64.1 Å². The Kier molecular flexibility index (Phi) is 4.66. The first-order valence-electron chi connectivity index (χ1n) is 7.62. The number of hydrogen-bond donors (Lipinski definition) is 1. The molecule has 0 radical (unpaired) electrons. The average molecular weight is 345 g/mol. The number of nitrogens with one attached hydrogen (secondary N) is 1. The molecule has 0 atom stereocenters. The summed E-state index contributed by atoms with van der Waals surface area (Å²) in [7, 11) is 0. The van der Waals surface area contributed by atoms with Crippen LogP contribution < -0.4 is 5.32 Å². The van der Waals surface area contributed by atoms with Gasteiger partial charge < -0.3 is 9.84 Å². The lowest BCUT2D eigenvalue weighted by molar-refractivity contribution is 0.102. The van der Waals surface area contributed by atoms with Crippen LogP contribution in [0, 0.1) is 6.92 Å². The largest absolute Gasteiger partial charge is 0.361 e. The van der Waals surface area contributed by atoms with Crippen LogP contribution in [0.2, 0.25) is 5.02 Å². The molecular weight excluding hydrogens is 328 g/mol. The first-order chi connectivity index (χ1) is 11.6. The number of nitrogens with zero attached hydrogens (tertiary/aromatic N) is 3. The summed E-state index contributed by atoms with van der Waals surface area (Å²) in [6.45, 7) is 4.11. The second kappa shape index (κ2) is 6.88. The van der Waals surface area contributed by atoms with E-state index in [0.29, 0.717) is 40.8 Å². The van der Waals surface area contributed by atoms with E-state index in [4.69, 9.17) is 16.1 Å². The smallest absolute Gasteiger partial charge is 0.262 e. The van der Waals surface area contributed by atoms with Gasteiger partial charge in [-0.25, -0.2) is 4.68 Å². The monoisotopic (exact) mass is 344 g/mol. The zero-order valence-electron chi connectivity index (χ0n) is 13.4. The van der Waals surface area contributed by atoms with Gasteiger partial charge in [0, 0.05) is 11.1 Å². The number of anilines is 1. The van der Waals surface area contributed by atoms with Crippen molar-refractivity contribution in [3.63, 3.8) is 0 Å². The van der Waals surface area contributed by atoms with E-state index < -0.39 is 0 Å². The molecule has 0 aliphatic heterocycles. The van der Waals surface area contributed by atoms with Crippen LogP contribution in [0.1, 0.15) is 34.3 Å². The molecule has 1 N–H and O–H groups in total. The van der Waals surface area contributed by atoms with E-state index in [1.807, 2.05) is 31.2 Å². The van der Waals surface area contributed by atoms with Gasteiger partial charge in [-0.1, -0.05) is 41.9 Å². The molecule has 3 aromatic rings. The van der Waals surface area contributed by atoms with E-state index in [-0.39, 0.29) is 5.91 Å². The summed E-state index contributed by atoms with van der Waals surface area (Å²) in [5.74, 6) is 0.829. The lowest BCUT2D eigenvalue weighted by Gasteiger charge is -2.10. The highest BCUT2D eigenvalue weighted by molar-refractivity contribution is 6.31. The van der Waals surface area contributed by atoms with Crippen LogP contribution in [0.4, 0.5) is 5.82 Å². The predicted octanol–water partition coefficient (Wildman–Crippen LogP) is 3.70. The van der Waals surface area contributed by atoms with Gasteiger partial charge in [-0.2, -0.15) is 5.10 Å². The van der Waals surface area contributed by atoms with Gasteiger partial charge in [-0.05, 0) is 25.0 Å². The quantitative estimate of drug-likeness (QED) is 0.766. The van der Waals surface area contributed by atoms with Crippen LogP contribution in [-0.2, 0) is 13.0 Å². The van der Waals surface area contributed by atoms with Crippen molar-refractivity contribution in [2.45, 2.75) is 26.8 Å². The zero-order chi connectivity index (χ0) is 17.1. The van der Waals surface area contributed by atoms with Gasteiger partial charge in [0.1, 0.15) is 17.1 Å². The lowest BCUT2D eigenvalue weighted by atomic mass is 10.1. The number of amides is 1. The van der Waals surface area contributed by atoms with E-state index in [1.165, 1.54) is 0 Å². The minimum Gasteiger partial charge on any atom is -0.361 e. The molecule has 24 heavy (non-hydrogen) atoms. The molecule has 6 nitrogen and oxygen atoms in total. The highest BCUT2D eigenvalue weighted by atomic mass is 35.5. The first kappa shape index (κ1) is 16.3. The molecule has 0 aliphatic carbocycles. The molecule has 0 aliphatic rings. The molecule has 1 amide bonds. The Labute approximate surface area is 144 Å². The highest BCUT2D eigenvalue weighted by Gasteiger charge is 2.20. The lowest BCUT2D eigenvalue weighted by Crippen LogP contribution is -2.18. The topological polar surface area (TPSA) is 73.0 Å². The third kappa shape index (κ3) is 3.19. The molecule has 3 rings (SSSR count).